The summed E-state index contributed by atoms with van der Waals surface area (Å²) < 4.78 is 5.62. The fraction of sp³-hybridized carbons (Fsp3) is 0.538. The lowest BCUT2D eigenvalue weighted by molar-refractivity contribution is -0.385. The number of morpholine rings is 1. The normalized spacial score (nSPS) is 19.2. The topological polar surface area (TPSA) is 67.6 Å². The van der Waals surface area contributed by atoms with Gasteiger partial charge in [-0.3, -0.25) is 15.0 Å². The van der Waals surface area contributed by atoms with E-state index < -0.39 is 4.92 Å². The molecule has 0 amide bonds. The number of nitro groups is 1. The molecule has 1 aliphatic rings. The number of benzene rings is 1. The lowest BCUT2D eigenvalue weighted by Crippen LogP contribution is -2.44. The Morgan fingerprint density at radius 2 is 2.40 bits per heavy atom. The molecular weight excluding hydrogens is 282 g/mol. The lowest BCUT2D eigenvalue weighted by atomic mass is 10.1. The largest absolute Gasteiger partial charge is 0.374 e. The summed E-state index contributed by atoms with van der Waals surface area (Å²) in [4.78, 5) is 12.6. The Morgan fingerprint density at radius 3 is 3.05 bits per heavy atom. The van der Waals surface area contributed by atoms with Gasteiger partial charge in [0.25, 0.3) is 5.69 Å². The molecule has 1 saturated heterocycles. The van der Waals surface area contributed by atoms with E-state index in [2.05, 4.69) is 5.32 Å². The van der Waals surface area contributed by atoms with E-state index in [0.29, 0.717) is 30.3 Å². The van der Waals surface area contributed by atoms with Gasteiger partial charge in [-0.05, 0) is 13.1 Å². The fourth-order valence-corrected chi connectivity index (χ4v) is 2.52. The van der Waals surface area contributed by atoms with Gasteiger partial charge in [0.05, 0.1) is 28.2 Å². The Kier molecular flexibility index (Phi) is 5.31. The second-order valence-corrected chi connectivity index (χ2v) is 5.30. The molecule has 0 aromatic heterocycles. The summed E-state index contributed by atoms with van der Waals surface area (Å²) in [7, 11) is 1.91. The third-order valence-electron chi connectivity index (χ3n) is 3.24. The quantitative estimate of drug-likeness (QED) is 0.662. The average Bonchev–Trinajstić information content (AvgIpc) is 2.42. The summed E-state index contributed by atoms with van der Waals surface area (Å²) in [6.07, 6.45) is 0.107. The molecule has 1 aliphatic heterocycles. The molecule has 1 heterocycles. The highest BCUT2D eigenvalue weighted by Crippen LogP contribution is 2.27. The number of rotatable bonds is 5. The Hall–Kier alpha value is -1.21. The number of ether oxygens (including phenoxy) is 1. The molecular formula is C13H18ClN3O3. The van der Waals surface area contributed by atoms with Crippen molar-refractivity contribution in [1.29, 1.82) is 0 Å². The predicted octanol–water partition coefficient (Wildman–Crippen LogP) is 1.67. The van der Waals surface area contributed by atoms with Crippen LogP contribution in [0.2, 0.25) is 5.02 Å². The highest BCUT2D eigenvalue weighted by atomic mass is 35.5. The summed E-state index contributed by atoms with van der Waals surface area (Å²) in [5.41, 5.74) is 0.609. The Bertz CT molecular complexity index is 478. The van der Waals surface area contributed by atoms with E-state index in [9.17, 15) is 10.1 Å². The van der Waals surface area contributed by atoms with Gasteiger partial charge < -0.3 is 10.1 Å². The van der Waals surface area contributed by atoms with Crippen molar-refractivity contribution in [3.63, 3.8) is 0 Å². The number of nitrogens with one attached hydrogen (secondary N) is 1. The molecule has 20 heavy (non-hydrogen) atoms. The minimum Gasteiger partial charge on any atom is -0.374 e. The first-order valence-corrected chi connectivity index (χ1v) is 6.88. The number of halogens is 1. The van der Waals surface area contributed by atoms with Gasteiger partial charge in [-0.1, -0.05) is 17.7 Å². The summed E-state index contributed by atoms with van der Waals surface area (Å²) in [5.74, 6) is 0. The van der Waals surface area contributed by atoms with Gasteiger partial charge in [0.2, 0.25) is 0 Å². The van der Waals surface area contributed by atoms with Gasteiger partial charge in [0.15, 0.2) is 0 Å². The van der Waals surface area contributed by atoms with Gasteiger partial charge in [-0.25, -0.2) is 0 Å². The highest BCUT2D eigenvalue weighted by molar-refractivity contribution is 6.31. The minimum absolute atomic E-state index is 0.0621. The molecule has 0 spiro atoms. The van der Waals surface area contributed by atoms with Crippen LogP contribution in [0, 0.1) is 10.1 Å². The van der Waals surface area contributed by atoms with Crippen LogP contribution in [0.3, 0.4) is 0 Å². The molecule has 0 aliphatic carbocycles. The molecule has 1 aromatic carbocycles. The monoisotopic (exact) mass is 299 g/mol. The fourth-order valence-electron chi connectivity index (χ4n) is 2.29. The molecule has 1 unspecified atom stereocenters. The van der Waals surface area contributed by atoms with Crippen molar-refractivity contribution in [1.82, 2.24) is 10.2 Å². The zero-order valence-electron chi connectivity index (χ0n) is 11.3. The number of likely N-dealkylation sites (N-methyl/N-ethyl adjacent to an activating group) is 1. The van der Waals surface area contributed by atoms with E-state index in [1.165, 1.54) is 6.07 Å². The van der Waals surface area contributed by atoms with E-state index in [4.69, 9.17) is 16.3 Å². The molecule has 1 atom stereocenters. The van der Waals surface area contributed by atoms with Crippen LogP contribution in [0.5, 0.6) is 0 Å². The van der Waals surface area contributed by atoms with Crippen LogP contribution in [0.4, 0.5) is 5.69 Å². The van der Waals surface area contributed by atoms with Crippen LogP contribution in [0.15, 0.2) is 18.2 Å². The molecule has 1 N–H and O–H groups in total. The standard InChI is InChI=1S/C13H18ClN3O3/c1-16(8-10-7-15-5-6-20-10)9-11-12(14)3-2-4-13(11)17(18)19/h2-4,10,15H,5-9H2,1H3. The van der Waals surface area contributed by atoms with E-state index in [-0.39, 0.29) is 11.8 Å². The molecule has 7 heteroatoms. The van der Waals surface area contributed by atoms with Crippen molar-refractivity contribution < 1.29 is 9.66 Å². The van der Waals surface area contributed by atoms with E-state index in [0.717, 1.165) is 13.1 Å². The van der Waals surface area contributed by atoms with Crippen molar-refractivity contribution in [3.05, 3.63) is 38.9 Å². The minimum atomic E-state index is -0.395. The molecule has 0 saturated carbocycles. The SMILES string of the molecule is CN(Cc1c(Cl)cccc1[N+](=O)[O-])CC1CNCCO1. The Balaban J connectivity index is 2.03. The summed E-state index contributed by atoms with van der Waals surface area (Å²) >= 11 is 6.09. The molecule has 2 rings (SSSR count). The zero-order valence-corrected chi connectivity index (χ0v) is 12.1. The second-order valence-electron chi connectivity index (χ2n) is 4.89. The van der Waals surface area contributed by atoms with Crippen molar-refractivity contribution in [2.75, 3.05) is 33.3 Å². The van der Waals surface area contributed by atoms with E-state index in [1.54, 1.807) is 12.1 Å². The van der Waals surface area contributed by atoms with Gasteiger partial charge in [-0.15, -0.1) is 0 Å². The van der Waals surface area contributed by atoms with Crippen molar-refractivity contribution >= 4 is 17.3 Å². The molecule has 110 valence electrons. The summed E-state index contributed by atoms with van der Waals surface area (Å²) in [6.45, 7) is 3.50. The van der Waals surface area contributed by atoms with Crippen molar-refractivity contribution in [2.24, 2.45) is 0 Å². The van der Waals surface area contributed by atoms with Gasteiger partial charge in [0.1, 0.15) is 0 Å². The molecule has 1 fully saturated rings. The second kappa shape index (κ2) is 6.99. The van der Waals surface area contributed by atoms with Crippen molar-refractivity contribution in [3.8, 4) is 0 Å². The molecule has 1 aromatic rings. The maximum absolute atomic E-state index is 11.0. The predicted molar refractivity (Wildman–Crippen MR) is 77.1 cm³/mol. The first kappa shape index (κ1) is 15.2. The summed E-state index contributed by atoms with van der Waals surface area (Å²) in [6, 6.07) is 4.75. The van der Waals surface area contributed by atoms with Crippen LogP contribution in [0.25, 0.3) is 0 Å². The molecule has 0 radical (unpaired) electrons. The number of nitro benzene ring substituents is 1. The van der Waals surface area contributed by atoms with Gasteiger partial charge >= 0.3 is 0 Å². The van der Waals surface area contributed by atoms with Crippen LogP contribution >= 0.6 is 11.6 Å². The smallest absolute Gasteiger partial charge is 0.275 e. The molecule has 6 nitrogen and oxygen atoms in total. The first-order chi connectivity index (χ1) is 9.58. The number of hydrogen-bond donors (Lipinski definition) is 1. The zero-order chi connectivity index (χ0) is 14.5. The maximum atomic E-state index is 11.0. The highest BCUT2D eigenvalue weighted by Gasteiger charge is 2.20. The van der Waals surface area contributed by atoms with E-state index in [1.807, 2.05) is 11.9 Å². The van der Waals surface area contributed by atoms with Gasteiger partial charge in [-0.2, -0.15) is 0 Å². The Labute approximate surface area is 122 Å². The van der Waals surface area contributed by atoms with Crippen LogP contribution in [0.1, 0.15) is 5.56 Å². The lowest BCUT2D eigenvalue weighted by Gasteiger charge is -2.28. The van der Waals surface area contributed by atoms with Crippen LogP contribution < -0.4 is 5.32 Å². The maximum Gasteiger partial charge on any atom is 0.275 e. The summed E-state index contributed by atoms with van der Waals surface area (Å²) in [5, 5.41) is 14.7. The third kappa shape index (κ3) is 3.89. The number of hydrogen-bond acceptors (Lipinski definition) is 5. The Morgan fingerprint density at radius 1 is 1.60 bits per heavy atom. The van der Waals surface area contributed by atoms with Crippen molar-refractivity contribution in [2.45, 2.75) is 12.6 Å². The van der Waals surface area contributed by atoms with Crippen LogP contribution in [-0.4, -0.2) is 49.2 Å². The van der Waals surface area contributed by atoms with Gasteiger partial charge in [0, 0.05) is 32.2 Å². The molecule has 0 bridgehead atoms. The first-order valence-electron chi connectivity index (χ1n) is 6.50. The average molecular weight is 300 g/mol. The number of nitrogens with zero attached hydrogens (tertiary/aromatic N) is 2. The van der Waals surface area contributed by atoms with E-state index >= 15 is 0 Å². The van der Waals surface area contributed by atoms with Crippen LogP contribution in [-0.2, 0) is 11.3 Å². The third-order valence-corrected chi connectivity index (χ3v) is 3.59.